The van der Waals surface area contributed by atoms with E-state index in [1.54, 1.807) is 0 Å². The van der Waals surface area contributed by atoms with Crippen LogP contribution in [0, 0.1) is 5.92 Å². The number of Topliss-reactive ketones (excluding diaryl/α,β-unsaturated/α-hetero) is 1. The standard InChI is InChI=1S/C8H16O2/c1-4-5-6(2)8(10)7(3)9/h6,8,10H,4-5H2,1-3H3/t6-,8-/m1/s1. The Kier molecular flexibility index (Phi) is 4.28. The van der Waals surface area contributed by atoms with Crippen LogP contribution in [0.25, 0.3) is 0 Å². The Hall–Kier alpha value is -0.370. The summed E-state index contributed by atoms with van der Waals surface area (Å²) in [6.07, 6.45) is 1.19. The zero-order chi connectivity index (χ0) is 8.15. The van der Waals surface area contributed by atoms with Gasteiger partial charge in [0.2, 0.25) is 0 Å². The fourth-order valence-corrected chi connectivity index (χ4v) is 1.01. The minimum absolute atomic E-state index is 0.113. The number of rotatable bonds is 4. The van der Waals surface area contributed by atoms with Gasteiger partial charge in [0, 0.05) is 0 Å². The monoisotopic (exact) mass is 144 g/mol. The first-order valence-electron chi connectivity index (χ1n) is 3.78. The van der Waals surface area contributed by atoms with Gasteiger partial charge in [-0.25, -0.2) is 0 Å². The van der Waals surface area contributed by atoms with Gasteiger partial charge in [0.1, 0.15) is 6.10 Å². The minimum atomic E-state index is -0.750. The second-order valence-electron chi connectivity index (χ2n) is 2.82. The average Bonchev–Trinajstić information content (AvgIpc) is 1.87. The van der Waals surface area contributed by atoms with E-state index in [4.69, 9.17) is 0 Å². The maximum Gasteiger partial charge on any atom is 0.158 e. The highest BCUT2D eigenvalue weighted by atomic mass is 16.3. The summed E-state index contributed by atoms with van der Waals surface area (Å²) < 4.78 is 0. The fourth-order valence-electron chi connectivity index (χ4n) is 1.01. The van der Waals surface area contributed by atoms with Gasteiger partial charge in [-0.15, -0.1) is 0 Å². The lowest BCUT2D eigenvalue weighted by Gasteiger charge is -2.14. The fraction of sp³-hybridized carbons (Fsp3) is 0.875. The molecule has 0 spiro atoms. The molecule has 0 aliphatic rings. The first kappa shape index (κ1) is 9.63. The van der Waals surface area contributed by atoms with Crippen LogP contribution >= 0.6 is 0 Å². The minimum Gasteiger partial charge on any atom is -0.385 e. The molecule has 0 aromatic heterocycles. The van der Waals surface area contributed by atoms with Gasteiger partial charge in [0.15, 0.2) is 5.78 Å². The van der Waals surface area contributed by atoms with E-state index in [1.807, 2.05) is 13.8 Å². The number of carbonyl (C=O) groups is 1. The Morgan fingerprint density at radius 3 is 2.40 bits per heavy atom. The molecule has 0 rings (SSSR count). The topological polar surface area (TPSA) is 37.3 Å². The molecule has 0 fully saturated rings. The van der Waals surface area contributed by atoms with Gasteiger partial charge >= 0.3 is 0 Å². The van der Waals surface area contributed by atoms with Gasteiger partial charge in [0.05, 0.1) is 0 Å². The summed E-state index contributed by atoms with van der Waals surface area (Å²) >= 11 is 0. The maximum absolute atomic E-state index is 10.6. The molecule has 0 saturated heterocycles. The van der Waals surface area contributed by atoms with E-state index in [9.17, 15) is 9.90 Å². The summed E-state index contributed by atoms with van der Waals surface area (Å²) in [5.74, 6) is -0.0107. The van der Waals surface area contributed by atoms with Crippen LogP contribution in [0.4, 0.5) is 0 Å². The number of carbonyl (C=O) groups excluding carboxylic acids is 1. The van der Waals surface area contributed by atoms with Crippen LogP contribution in [0.1, 0.15) is 33.6 Å². The van der Waals surface area contributed by atoms with Crippen molar-refractivity contribution in [2.75, 3.05) is 0 Å². The molecule has 0 aromatic carbocycles. The second-order valence-corrected chi connectivity index (χ2v) is 2.82. The largest absolute Gasteiger partial charge is 0.385 e. The number of aliphatic hydroxyl groups is 1. The van der Waals surface area contributed by atoms with E-state index in [0.717, 1.165) is 12.8 Å². The Morgan fingerprint density at radius 1 is 1.60 bits per heavy atom. The summed E-state index contributed by atoms with van der Waals surface area (Å²) in [5.41, 5.74) is 0. The summed E-state index contributed by atoms with van der Waals surface area (Å²) in [6.45, 7) is 5.37. The second kappa shape index (κ2) is 4.45. The summed E-state index contributed by atoms with van der Waals surface area (Å²) in [7, 11) is 0. The molecule has 0 aliphatic carbocycles. The van der Waals surface area contributed by atoms with Crippen molar-refractivity contribution in [3.05, 3.63) is 0 Å². The molecule has 0 heterocycles. The predicted octanol–water partition coefficient (Wildman–Crippen LogP) is 1.37. The molecule has 2 heteroatoms. The molecule has 0 radical (unpaired) electrons. The highest BCUT2D eigenvalue weighted by molar-refractivity contribution is 5.80. The molecule has 10 heavy (non-hydrogen) atoms. The van der Waals surface area contributed by atoms with Crippen molar-refractivity contribution in [2.45, 2.75) is 39.7 Å². The van der Waals surface area contributed by atoms with Crippen molar-refractivity contribution in [2.24, 2.45) is 5.92 Å². The summed E-state index contributed by atoms with van der Waals surface area (Å²) in [4.78, 5) is 10.6. The van der Waals surface area contributed by atoms with Gasteiger partial charge in [-0.1, -0.05) is 20.3 Å². The molecule has 2 nitrogen and oxygen atoms in total. The van der Waals surface area contributed by atoms with E-state index in [-0.39, 0.29) is 11.7 Å². The highest BCUT2D eigenvalue weighted by Crippen LogP contribution is 2.10. The van der Waals surface area contributed by atoms with Gasteiger partial charge in [0.25, 0.3) is 0 Å². The Bertz CT molecular complexity index is 110. The van der Waals surface area contributed by atoms with Crippen LogP contribution < -0.4 is 0 Å². The van der Waals surface area contributed by atoms with Gasteiger partial charge in [-0.05, 0) is 19.3 Å². The molecular weight excluding hydrogens is 128 g/mol. The third-order valence-corrected chi connectivity index (χ3v) is 1.70. The van der Waals surface area contributed by atoms with Crippen molar-refractivity contribution in [1.29, 1.82) is 0 Å². The quantitative estimate of drug-likeness (QED) is 0.647. The smallest absolute Gasteiger partial charge is 0.158 e. The van der Waals surface area contributed by atoms with E-state index in [1.165, 1.54) is 6.92 Å². The van der Waals surface area contributed by atoms with E-state index in [2.05, 4.69) is 0 Å². The SMILES string of the molecule is CCC[C@@H](C)[C@@H](O)C(C)=O. The Balaban J connectivity index is 3.69. The third kappa shape index (κ3) is 2.97. The summed E-state index contributed by atoms with van der Waals surface area (Å²) in [5, 5.41) is 9.18. The van der Waals surface area contributed by atoms with Crippen LogP contribution in [-0.4, -0.2) is 17.0 Å². The molecule has 60 valence electrons. The number of hydrogen-bond acceptors (Lipinski definition) is 2. The van der Waals surface area contributed by atoms with Crippen molar-refractivity contribution in [3.63, 3.8) is 0 Å². The van der Waals surface area contributed by atoms with E-state index >= 15 is 0 Å². The van der Waals surface area contributed by atoms with Gasteiger partial charge < -0.3 is 5.11 Å². The molecule has 0 aliphatic heterocycles. The van der Waals surface area contributed by atoms with Gasteiger partial charge in [-0.3, -0.25) is 4.79 Å². The van der Waals surface area contributed by atoms with Crippen LogP contribution in [-0.2, 0) is 4.79 Å². The molecule has 0 aromatic rings. The molecule has 0 saturated carbocycles. The Morgan fingerprint density at radius 2 is 2.10 bits per heavy atom. The van der Waals surface area contributed by atoms with Crippen LogP contribution in [0.5, 0.6) is 0 Å². The summed E-state index contributed by atoms with van der Waals surface area (Å²) in [6, 6.07) is 0. The Labute approximate surface area is 62.2 Å². The van der Waals surface area contributed by atoms with Crippen molar-refractivity contribution in [1.82, 2.24) is 0 Å². The highest BCUT2D eigenvalue weighted by Gasteiger charge is 2.16. The molecule has 0 bridgehead atoms. The first-order chi connectivity index (χ1) is 4.59. The molecule has 0 amide bonds. The van der Waals surface area contributed by atoms with Crippen molar-refractivity contribution < 1.29 is 9.90 Å². The van der Waals surface area contributed by atoms with Crippen LogP contribution in [0.15, 0.2) is 0 Å². The number of aliphatic hydroxyl groups excluding tert-OH is 1. The lowest BCUT2D eigenvalue weighted by atomic mass is 9.97. The maximum atomic E-state index is 10.6. The predicted molar refractivity (Wildman–Crippen MR) is 40.8 cm³/mol. The number of ketones is 1. The normalized spacial score (nSPS) is 16.4. The lowest BCUT2D eigenvalue weighted by Crippen LogP contribution is -2.25. The molecule has 1 N–H and O–H groups in total. The average molecular weight is 144 g/mol. The first-order valence-corrected chi connectivity index (χ1v) is 3.78. The van der Waals surface area contributed by atoms with E-state index in [0.29, 0.717) is 0 Å². The van der Waals surface area contributed by atoms with E-state index < -0.39 is 6.10 Å². The lowest BCUT2D eigenvalue weighted by molar-refractivity contribution is -0.127. The molecular formula is C8H16O2. The van der Waals surface area contributed by atoms with Gasteiger partial charge in [-0.2, -0.15) is 0 Å². The molecule has 0 unspecified atom stereocenters. The third-order valence-electron chi connectivity index (χ3n) is 1.70. The zero-order valence-corrected chi connectivity index (χ0v) is 6.92. The zero-order valence-electron chi connectivity index (χ0n) is 6.92. The van der Waals surface area contributed by atoms with Crippen LogP contribution in [0.3, 0.4) is 0 Å². The molecule has 2 atom stereocenters. The number of hydrogen-bond donors (Lipinski definition) is 1. The van der Waals surface area contributed by atoms with Crippen molar-refractivity contribution in [3.8, 4) is 0 Å². The van der Waals surface area contributed by atoms with Crippen LogP contribution in [0.2, 0.25) is 0 Å². The van der Waals surface area contributed by atoms with Crippen molar-refractivity contribution >= 4 is 5.78 Å².